The maximum Gasteiger partial charge on any atom is 0.265 e. The molecule has 98 valence electrons. The van der Waals surface area contributed by atoms with Gasteiger partial charge in [-0.2, -0.15) is 0 Å². The number of hydrogen-bond acceptors (Lipinski definition) is 3. The van der Waals surface area contributed by atoms with Crippen LogP contribution in [-0.2, 0) is 4.79 Å². The van der Waals surface area contributed by atoms with E-state index in [4.69, 9.17) is 16.3 Å². The van der Waals surface area contributed by atoms with E-state index in [1.54, 1.807) is 6.92 Å². The highest BCUT2D eigenvalue weighted by molar-refractivity contribution is 6.18. The molecule has 0 saturated heterocycles. The van der Waals surface area contributed by atoms with Crippen LogP contribution >= 0.6 is 11.6 Å². The van der Waals surface area contributed by atoms with Gasteiger partial charge in [-0.3, -0.25) is 4.79 Å². The molecule has 1 aliphatic rings. The Morgan fingerprint density at radius 3 is 2.83 bits per heavy atom. The first kappa shape index (κ1) is 13.2. The number of hydrogen-bond donors (Lipinski definition) is 1. The lowest BCUT2D eigenvalue weighted by Crippen LogP contribution is -2.34. The number of rotatable bonds is 3. The van der Waals surface area contributed by atoms with Crippen molar-refractivity contribution < 1.29 is 9.53 Å². The van der Waals surface area contributed by atoms with Crippen LogP contribution in [0.5, 0.6) is 5.75 Å². The van der Waals surface area contributed by atoms with Gasteiger partial charge in [0.05, 0.1) is 5.69 Å². The van der Waals surface area contributed by atoms with Crippen LogP contribution in [0, 0.1) is 0 Å². The van der Waals surface area contributed by atoms with Crippen LogP contribution in [0.25, 0.3) is 0 Å². The number of benzene rings is 1. The second-order valence-electron chi connectivity index (χ2n) is 4.64. The Bertz CT molecular complexity index is 462. The number of halogens is 1. The molecule has 1 aliphatic heterocycles. The molecular weight excluding hydrogens is 252 g/mol. The first-order chi connectivity index (χ1) is 8.52. The summed E-state index contributed by atoms with van der Waals surface area (Å²) < 4.78 is 5.51. The fourth-order valence-electron chi connectivity index (χ4n) is 1.96. The van der Waals surface area contributed by atoms with E-state index in [0.29, 0.717) is 17.3 Å². The summed E-state index contributed by atoms with van der Waals surface area (Å²) in [7, 11) is 3.95. The largest absolute Gasteiger partial charge is 0.479 e. The summed E-state index contributed by atoms with van der Waals surface area (Å²) >= 11 is 5.97. The molecule has 0 saturated carbocycles. The van der Waals surface area contributed by atoms with Gasteiger partial charge in [-0.1, -0.05) is 6.07 Å². The minimum absolute atomic E-state index is 0.119. The molecule has 0 spiro atoms. The summed E-state index contributed by atoms with van der Waals surface area (Å²) in [4.78, 5) is 13.6. The van der Waals surface area contributed by atoms with E-state index in [-0.39, 0.29) is 11.9 Å². The van der Waals surface area contributed by atoms with Gasteiger partial charge in [-0.15, -0.1) is 11.6 Å². The molecule has 0 radical (unpaired) electrons. The van der Waals surface area contributed by atoms with Gasteiger partial charge in [-0.05, 0) is 38.7 Å². The van der Waals surface area contributed by atoms with Gasteiger partial charge in [0.15, 0.2) is 6.10 Å². The van der Waals surface area contributed by atoms with Crippen LogP contribution in [-0.4, -0.2) is 36.9 Å². The number of nitrogens with zero attached hydrogens (tertiary/aromatic N) is 1. The van der Waals surface area contributed by atoms with Crippen molar-refractivity contribution in [2.24, 2.45) is 0 Å². The highest BCUT2D eigenvalue weighted by atomic mass is 35.5. The number of fused-ring (bicyclic) bond motifs is 1. The molecule has 2 rings (SSSR count). The second-order valence-corrected chi connectivity index (χ2v) is 4.95. The summed E-state index contributed by atoms with van der Waals surface area (Å²) in [5.41, 5.74) is 1.78. The molecule has 2 atom stereocenters. The van der Waals surface area contributed by atoms with Crippen molar-refractivity contribution in [1.29, 1.82) is 0 Å². The molecule has 2 unspecified atom stereocenters. The van der Waals surface area contributed by atoms with Gasteiger partial charge < -0.3 is 15.0 Å². The van der Waals surface area contributed by atoms with Crippen molar-refractivity contribution in [2.45, 2.75) is 19.1 Å². The molecule has 1 heterocycles. The maximum absolute atomic E-state index is 11.6. The van der Waals surface area contributed by atoms with E-state index in [2.05, 4.69) is 5.32 Å². The smallest absolute Gasteiger partial charge is 0.265 e. The third-order valence-electron chi connectivity index (χ3n) is 3.09. The van der Waals surface area contributed by atoms with Crippen LogP contribution in [0.3, 0.4) is 0 Å². The third kappa shape index (κ3) is 2.44. The SMILES string of the molecule is CC1Oc2ccc(C(CCl)N(C)C)cc2NC1=O. The van der Waals surface area contributed by atoms with Gasteiger partial charge in [0, 0.05) is 11.9 Å². The molecule has 0 aromatic heterocycles. The summed E-state index contributed by atoms with van der Waals surface area (Å²) in [6.45, 7) is 1.73. The first-order valence-electron chi connectivity index (χ1n) is 5.86. The standard InChI is InChI=1S/C13H17ClN2O2/c1-8-13(17)15-10-6-9(4-5-12(10)18-8)11(7-14)16(2)3/h4-6,8,11H,7H2,1-3H3,(H,15,17). The van der Waals surface area contributed by atoms with E-state index in [0.717, 1.165) is 5.56 Å². The predicted molar refractivity (Wildman–Crippen MR) is 72.3 cm³/mol. The fourth-order valence-corrected chi connectivity index (χ4v) is 2.41. The van der Waals surface area contributed by atoms with Gasteiger partial charge in [0.1, 0.15) is 5.75 Å². The molecule has 0 bridgehead atoms. The molecule has 0 fully saturated rings. The summed E-state index contributed by atoms with van der Waals surface area (Å²) in [5.74, 6) is 1.08. The van der Waals surface area contributed by atoms with Crippen LogP contribution < -0.4 is 10.1 Å². The van der Waals surface area contributed by atoms with Gasteiger partial charge in [-0.25, -0.2) is 0 Å². The summed E-state index contributed by atoms with van der Waals surface area (Å²) in [6.07, 6.45) is -0.443. The Hall–Kier alpha value is -1.26. The van der Waals surface area contributed by atoms with Gasteiger partial charge >= 0.3 is 0 Å². The molecular formula is C13H17ClN2O2. The van der Waals surface area contributed by atoms with Crippen molar-refractivity contribution in [3.8, 4) is 5.75 Å². The normalized spacial score (nSPS) is 20.1. The Balaban J connectivity index is 2.32. The average Bonchev–Trinajstić information content (AvgIpc) is 2.31. The number of amides is 1. The predicted octanol–water partition coefficient (Wildman–Crippen LogP) is 2.25. The highest BCUT2D eigenvalue weighted by Crippen LogP contribution is 2.33. The molecule has 1 aromatic rings. The lowest BCUT2D eigenvalue weighted by atomic mass is 10.1. The monoisotopic (exact) mass is 268 g/mol. The van der Waals surface area contributed by atoms with Crippen molar-refractivity contribution >= 4 is 23.2 Å². The zero-order chi connectivity index (χ0) is 13.3. The number of alkyl halides is 1. The molecule has 1 N–H and O–H groups in total. The van der Waals surface area contributed by atoms with E-state index in [1.807, 2.05) is 37.2 Å². The van der Waals surface area contributed by atoms with Crippen molar-refractivity contribution in [3.05, 3.63) is 23.8 Å². The molecule has 1 aromatic carbocycles. The number of ether oxygens (including phenoxy) is 1. The van der Waals surface area contributed by atoms with Gasteiger partial charge in [0.25, 0.3) is 5.91 Å². The molecule has 1 amide bonds. The van der Waals surface area contributed by atoms with Gasteiger partial charge in [0.2, 0.25) is 0 Å². The van der Waals surface area contributed by atoms with Crippen LogP contribution in [0.2, 0.25) is 0 Å². The molecule has 18 heavy (non-hydrogen) atoms. The average molecular weight is 269 g/mol. The number of nitrogens with one attached hydrogen (secondary N) is 1. The zero-order valence-corrected chi connectivity index (χ0v) is 11.5. The van der Waals surface area contributed by atoms with Crippen LogP contribution in [0.4, 0.5) is 5.69 Å². The zero-order valence-electron chi connectivity index (χ0n) is 10.7. The topological polar surface area (TPSA) is 41.6 Å². The molecule has 4 nitrogen and oxygen atoms in total. The van der Waals surface area contributed by atoms with E-state index in [1.165, 1.54) is 0 Å². The Morgan fingerprint density at radius 1 is 1.50 bits per heavy atom. The van der Waals surface area contributed by atoms with E-state index < -0.39 is 6.10 Å². The quantitative estimate of drug-likeness (QED) is 0.855. The number of anilines is 1. The molecule has 0 aliphatic carbocycles. The summed E-state index contributed by atoms with van der Waals surface area (Å²) in [5, 5.41) is 2.84. The van der Waals surface area contributed by atoms with Crippen LogP contribution in [0.15, 0.2) is 18.2 Å². The van der Waals surface area contributed by atoms with E-state index in [9.17, 15) is 4.79 Å². The highest BCUT2D eigenvalue weighted by Gasteiger charge is 2.24. The first-order valence-corrected chi connectivity index (χ1v) is 6.40. The van der Waals surface area contributed by atoms with E-state index >= 15 is 0 Å². The lowest BCUT2D eigenvalue weighted by molar-refractivity contribution is -0.122. The maximum atomic E-state index is 11.6. The molecule has 5 heteroatoms. The summed E-state index contributed by atoms with van der Waals surface area (Å²) in [6, 6.07) is 5.90. The minimum Gasteiger partial charge on any atom is -0.479 e. The number of carbonyl (C=O) groups excluding carboxylic acids is 1. The minimum atomic E-state index is -0.443. The van der Waals surface area contributed by atoms with Crippen molar-refractivity contribution in [3.63, 3.8) is 0 Å². The third-order valence-corrected chi connectivity index (χ3v) is 3.38. The Labute approximate surface area is 112 Å². The van der Waals surface area contributed by atoms with Crippen molar-refractivity contribution in [1.82, 2.24) is 4.90 Å². The van der Waals surface area contributed by atoms with Crippen LogP contribution in [0.1, 0.15) is 18.5 Å². The lowest BCUT2D eigenvalue weighted by Gasteiger charge is -2.27. The Morgan fingerprint density at radius 2 is 2.22 bits per heavy atom. The van der Waals surface area contributed by atoms with Crippen molar-refractivity contribution in [2.75, 3.05) is 25.3 Å². The fraction of sp³-hybridized carbons (Fsp3) is 0.462. The second kappa shape index (κ2) is 5.16. The Kier molecular flexibility index (Phi) is 3.78. The number of carbonyl (C=O) groups is 1.